The highest BCUT2D eigenvalue weighted by Gasteiger charge is 2.05. The minimum absolute atomic E-state index is 0.233. The van der Waals surface area contributed by atoms with E-state index in [1.54, 1.807) is 7.11 Å². The second-order valence-corrected chi connectivity index (χ2v) is 3.18. The highest BCUT2D eigenvalue weighted by atomic mass is 16.5. The van der Waals surface area contributed by atoms with Gasteiger partial charge in [-0.3, -0.25) is 0 Å². The zero-order valence-corrected chi connectivity index (χ0v) is 8.29. The quantitative estimate of drug-likeness (QED) is 0.767. The fraction of sp³-hybridized carbons (Fsp3) is 0.455. The van der Waals surface area contributed by atoms with Crippen LogP contribution in [0.5, 0.6) is 5.75 Å². The van der Waals surface area contributed by atoms with Gasteiger partial charge in [0.2, 0.25) is 0 Å². The number of para-hydroxylation sites is 1. The van der Waals surface area contributed by atoms with Crippen molar-refractivity contribution in [3.8, 4) is 5.75 Å². The Morgan fingerprint density at radius 3 is 2.69 bits per heavy atom. The molecule has 1 aromatic carbocycles. The number of benzene rings is 1. The molecular formula is C11H17NO. The maximum absolute atomic E-state index is 5.87. The van der Waals surface area contributed by atoms with E-state index in [9.17, 15) is 0 Å². The van der Waals surface area contributed by atoms with E-state index >= 15 is 0 Å². The van der Waals surface area contributed by atoms with E-state index in [0.29, 0.717) is 0 Å². The first-order chi connectivity index (χ1) is 6.27. The van der Waals surface area contributed by atoms with Crippen LogP contribution in [0.25, 0.3) is 0 Å². The monoisotopic (exact) mass is 179 g/mol. The molecule has 0 bridgehead atoms. The minimum atomic E-state index is 0.233. The summed E-state index contributed by atoms with van der Waals surface area (Å²) in [4.78, 5) is 0. The fourth-order valence-corrected chi connectivity index (χ4v) is 1.30. The Labute approximate surface area is 79.7 Å². The summed E-state index contributed by atoms with van der Waals surface area (Å²) in [7, 11) is 1.69. The number of nitrogens with two attached hydrogens (primary N) is 1. The lowest BCUT2D eigenvalue weighted by atomic mass is 10.0. The highest BCUT2D eigenvalue weighted by Crippen LogP contribution is 2.18. The largest absolute Gasteiger partial charge is 0.496 e. The third-order valence-corrected chi connectivity index (χ3v) is 2.20. The molecule has 0 amide bonds. The van der Waals surface area contributed by atoms with Crippen LogP contribution in [0, 0.1) is 0 Å². The molecule has 0 saturated carbocycles. The van der Waals surface area contributed by atoms with Gasteiger partial charge in [0.05, 0.1) is 7.11 Å². The van der Waals surface area contributed by atoms with Crippen LogP contribution in [0.4, 0.5) is 0 Å². The second-order valence-electron chi connectivity index (χ2n) is 3.18. The molecule has 0 aliphatic heterocycles. The molecule has 2 heteroatoms. The van der Waals surface area contributed by atoms with E-state index in [-0.39, 0.29) is 6.04 Å². The topological polar surface area (TPSA) is 35.2 Å². The van der Waals surface area contributed by atoms with Crippen molar-refractivity contribution < 1.29 is 4.74 Å². The van der Waals surface area contributed by atoms with Crippen LogP contribution >= 0.6 is 0 Å². The zero-order valence-electron chi connectivity index (χ0n) is 8.29. The van der Waals surface area contributed by atoms with Gasteiger partial charge in [0.1, 0.15) is 5.75 Å². The van der Waals surface area contributed by atoms with Gasteiger partial charge in [0.25, 0.3) is 0 Å². The Kier molecular flexibility index (Phi) is 3.77. The number of ether oxygens (including phenoxy) is 1. The standard InChI is InChI=1S/C11H17NO/c1-3-10(12)8-9-6-4-5-7-11(9)13-2/h4-7,10H,3,8,12H2,1-2H3/t10-/m0/s1. The van der Waals surface area contributed by atoms with Crippen molar-refractivity contribution in [2.45, 2.75) is 25.8 Å². The normalized spacial score (nSPS) is 12.5. The number of hydrogen-bond donors (Lipinski definition) is 1. The van der Waals surface area contributed by atoms with Gasteiger partial charge in [-0.1, -0.05) is 25.1 Å². The molecule has 0 fully saturated rings. The van der Waals surface area contributed by atoms with Gasteiger partial charge in [-0.05, 0) is 24.5 Å². The molecule has 1 rings (SSSR count). The lowest BCUT2D eigenvalue weighted by molar-refractivity contribution is 0.407. The van der Waals surface area contributed by atoms with Gasteiger partial charge in [-0.2, -0.15) is 0 Å². The molecule has 1 atom stereocenters. The molecule has 0 unspecified atom stereocenters. The Morgan fingerprint density at radius 2 is 2.08 bits per heavy atom. The molecule has 0 aromatic heterocycles. The summed E-state index contributed by atoms with van der Waals surface area (Å²) in [6.07, 6.45) is 1.89. The maximum atomic E-state index is 5.87. The molecule has 0 aliphatic rings. The predicted molar refractivity (Wildman–Crippen MR) is 55.0 cm³/mol. The molecule has 0 aliphatic carbocycles. The predicted octanol–water partition coefficient (Wildman–Crippen LogP) is 1.98. The first-order valence-corrected chi connectivity index (χ1v) is 4.65. The molecule has 2 nitrogen and oxygen atoms in total. The molecule has 2 N–H and O–H groups in total. The summed E-state index contributed by atoms with van der Waals surface area (Å²) in [6.45, 7) is 2.10. The maximum Gasteiger partial charge on any atom is 0.122 e. The second kappa shape index (κ2) is 4.87. The van der Waals surface area contributed by atoms with E-state index in [4.69, 9.17) is 10.5 Å². The summed E-state index contributed by atoms with van der Waals surface area (Å²) in [5.41, 5.74) is 7.07. The Hall–Kier alpha value is -1.02. The summed E-state index contributed by atoms with van der Waals surface area (Å²) in [6, 6.07) is 8.25. The van der Waals surface area contributed by atoms with Crippen molar-refractivity contribution in [2.75, 3.05) is 7.11 Å². The van der Waals surface area contributed by atoms with Crippen molar-refractivity contribution in [3.05, 3.63) is 29.8 Å². The molecule has 13 heavy (non-hydrogen) atoms. The average molecular weight is 179 g/mol. The van der Waals surface area contributed by atoms with Crippen LogP contribution in [0.2, 0.25) is 0 Å². The number of methoxy groups -OCH3 is 1. The number of hydrogen-bond acceptors (Lipinski definition) is 2. The Bertz CT molecular complexity index is 260. The van der Waals surface area contributed by atoms with Gasteiger partial charge in [0, 0.05) is 6.04 Å². The number of rotatable bonds is 4. The van der Waals surface area contributed by atoms with Crippen molar-refractivity contribution in [3.63, 3.8) is 0 Å². The average Bonchev–Trinajstić information content (AvgIpc) is 2.18. The van der Waals surface area contributed by atoms with Gasteiger partial charge >= 0.3 is 0 Å². The van der Waals surface area contributed by atoms with Crippen LogP contribution < -0.4 is 10.5 Å². The lowest BCUT2D eigenvalue weighted by Crippen LogP contribution is -2.21. The molecule has 0 heterocycles. The lowest BCUT2D eigenvalue weighted by Gasteiger charge is -2.11. The third-order valence-electron chi connectivity index (χ3n) is 2.20. The van der Waals surface area contributed by atoms with Crippen LogP contribution in [-0.4, -0.2) is 13.2 Å². The minimum Gasteiger partial charge on any atom is -0.496 e. The van der Waals surface area contributed by atoms with Crippen LogP contribution in [0.1, 0.15) is 18.9 Å². The third kappa shape index (κ3) is 2.74. The van der Waals surface area contributed by atoms with Crippen molar-refractivity contribution in [2.24, 2.45) is 5.73 Å². The van der Waals surface area contributed by atoms with Gasteiger partial charge in [0.15, 0.2) is 0 Å². The van der Waals surface area contributed by atoms with Crippen LogP contribution in [-0.2, 0) is 6.42 Å². The van der Waals surface area contributed by atoms with Crippen LogP contribution in [0.15, 0.2) is 24.3 Å². The van der Waals surface area contributed by atoms with Crippen molar-refractivity contribution in [1.82, 2.24) is 0 Å². The summed E-state index contributed by atoms with van der Waals surface area (Å²) in [5.74, 6) is 0.936. The van der Waals surface area contributed by atoms with Gasteiger partial charge in [-0.25, -0.2) is 0 Å². The molecule has 0 saturated heterocycles. The molecular weight excluding hydrogens is 162 g/mol. The summed E-state index contributed by atoms with van der Waals surface area (Å²) >= 11 is 0. The van der Waals surface area contributed by atoms with Crippen molar-refractivity contribution >= 4 is 0 Å². The smallest absolute Gasteiger partial charge is 0.122 e. The summed E-state index contributed by atoms with van der Waals surface area (Å²) < 4.78 is 5.24. The van der Waals surface area contributed by atoms with Gasteiger partial charge in [-0.15, -0.1) is 0 Å². The van der Waals surface area contributed by atoms with E-state index in [0.717, 1.165) is 18.6 Å². The zero-order chi connectivity index (χ0) is 9.68. The molecule has 1 aromatic rings. The summed E-state index contributed by atoms with van der Waals surface area (Å²) in [5, 5.41) is 0. The first kappa shape index (κ1) is 10.1. The van der Waals surface area contributed by atoms with E-state index in [1.165, 1.54) is 5.56 Å². The van der Waals surface area contributed by atoms with E-state index in [2.05, 4.69) is 13.0 Å². The molecule has 0 radical (unpaired) electrons. The van der Waals surface area contributed by atoms with E-state index in [1.807, 2.05) is 18.2 Å². The fourth-order valence-electron chi connectivity index (χ4n) is 1.30. The van der Waals surface area contributed by atoms with Gasteiger partial charge < -0.3 is 10.5 Å². The molecule has 72 valence electrons. The van der Waals surface area contributed by atoms with E-state index < -0.39 is 0 Å². The SMILES string of the molecule is CC[C@H](N)Cc1ccccc1OC. The molecule has 0 spiro atoms. The Balaban J connectivity index is 2.74. The first-order valence-electron chi connectivity index (χ1n) is 4.65. The highest BCUT2D eigenvalue weighted by molar-refractivity contribution is 5.33. The Morgan fingerprint density at radius 1 is 1.38 bits per heavy atom. The van der Waals surface area contributed by atoms with Crippen LogP contribution in [0.3, 0.4) is 0 Å². The van der Waals surface area contributed by atoms with Crippen molar-refractivity contribution in [1.29, 1.82) is 0 Å².